The normalized spacial score (nSPS) is 10.3. The second-order valence-electron chi connectivity index (χ2n) is 2.91. The van der Waals surface area contributed by atoms with E-state index in [1.165, 1.54) is 13.3 Å². The number of nitrogens with zero attached hydrogens (tertiary/aromatic N) is 1. The zero-order valence-electron chi connectivity index (χ0n) is 8.77. The Morgan fingerprint density at radius 1 is 1.47 bits per heavy atom. The summed E-state index contributed by atoms with van der Waals surface area (Å²) in [7, 11) is 1.42. The number of oxime groups is 1. The Labute approximate surface area is 88.5 Å². The minimum Gasteiger partial charge on any atom is -0.426 e. The van der Waals surface area contributed by atoms with E-state index in [1.807, 2.05) is 25.1 Å². The van der Waals surface area contributed by atoms with Gasteiger partial charge in [0.1, 0.15) is 12.9 Å². The van der Waals surface area contributed by atoms with Gasteiger partial charge in [0.15, 0.2) is 0 Å². The Morgan fingerprint density at radius 2 is 2.20 bits per heavy atom. The fourth-order valence-electron chi connectivity index (χ4n) is 1.02. The van der Waals surface area contributed by atoms with Gasteiger partial charge in [-0.2, -0.15) is 0 Å². The molecule has 15 heavy (non-hydrogen) atoms. The summed E-state index contributed by atoms with van der Waals surface area (Å²) >= 11 is 0. The highest BCUT2D eigenvalue weighted by Gasteiger charge is 2.04. The number of carbonyl (C=O) groups excluding carboxylic acids is 1. The minimum atomic E-state index is -0.356. The summed E-state index contributed by atoms with van der Waals surface area (Å²) in [4.78, 5) is 15.7. The molecule has 1 aromatic carbocycles. The third-order valence-electron chi connectivity index (χ3n) is 1.76. The summed E-state index contributed by atoms with van der Waals surface area (Å²) < 4.78 is 5.11. The van der Waals surface area contributed by atoms with Crippen LogP contribution >= 0.6 is 0 Å². The monoisotopic (exact) mass is 207 g/mol. The van der Waals surface area contributed by atoms with Crippen molar-refractivity contribution < 1.29 is 14.4 Å². The van der Waals surface area contributed by atoms with Crippen molar-refractivity contribution in [2.24, 2.45) is 5.16 Å². The van der Waals surface area contributed by atoms with E-state index in [0.29, 0.717) is 5.75 Å². The first kappa shape index (κ1) is 11.2. The van der Waals surface area contributed by atoms with E-state index in [0.717, 1.165) is 5.56 Å². The first-order valence-electron chi connectivity index (χ1n) is 4.55. The van der Waals surface area contributed by atoms with Gasteiger partial charge in [0.25, 0.3) is 0 Å². The molecule has 0 saturated carbocycles. The fraction of sp³-hybridized carbons (Fsp3) is 0.273. The molecule has 0 radical (unpaired) electrons. The second-order valence-corrected chi connectivity index (χ2v) is 2.91. The molecule has 1 rings (SSSR count). The Kier molecular flexibility index (Phi) is 4.34. The molecule has 0 bridgehead atoms. The molecule has 0 aliphatic heterocycles. The summed E-state index contributed by atoms with van der Waals surface area (Å²) in [5.74, 6) is 0.221. The number of aryl methyl sites for hydroxylation is 1. The van der Waals surface area contributed by atoms with E-state index in [1.54, 1.807) is 6.07 Å². The number of benzene rings is 1. The van der Waals surface area contributed by atoms with E-state index in [2.05, 4.69) is 9.99 Å². The zero-order valence-corrected chi connectivity index (χ0v) is 8.77. The molecule has 0 N–H and O–H groups in total. The Morgan fingerprint density at radius 3 is 2.87 bits per heavy atom. The van der Waals surface area contributed by atoms with Crippen molar-refractivity contribution >= 4 is 12.2 Å². The topological polar surface area (TPSA) is 47.9 Å². The largest absolute Gasteiger partial charge is 0.426 e. The number of ether oxygens (including phenoxy) is 1. The van der Waals surface area contributed by atoms with E-state index < -0.39 is 0 Å². The SMILES string of the molecule is CO/N=C/CC(=O)Oc1ccccc1C. The van der Waals surface area contributed by atoms with Gasteiger partial charge >= 0.3 is 5.97 Å². The number of rotatable bonds is 4. The molecule has 0 unspecified atom stereocenters. The molecule has 0 atom stereocenters. The van der Waals surface area contributed by atoms with E-state index >= 15 is 0 Å². The molecular formula is C11H13NO3. The minimum absolute atomic E-state index is 0.0994. The van der Waals surface area contributed by atoms with Crippen LogP contribution in [0.3, 0.4) is 0 Å². The second kappa shape index (κ2) is 5.80. The van der Waals surface area contributed by atoms with Gasteiger partial charge in [-0.15, -0.1) is 0 Å². The molecule has 0 spiro atoms. The molecular weight excluding hydrogens is 194 g/mol. The third kappa shape index (κ3) is 3.81. The van der Waals surface area contributed by atoms with Gasteiger partial charge in [-0.3, -0.25) is 4.79 Å². The standard InChI is InChI=1S/C11H13NO3/c1-9-5-3-4-6-10(9)15-11(13)7-8-12-14-2/h3-6,8H,7H2,1-2H3/b12-8+. The van der Waals surface area contributed by atoms with Crippen LogP contribution in [0.1, 0.15) is 12.0 Å². The molecule has 0 aliphatic carbocycles. The molecule has 0 fully saturated rings. The van der Waals surface area contributed by atoms with Crippen molar-refractivity contribution in [2.75, 3.05) is 7.11 Å². The van der Waals surface area contributed by atoms with Crippen LogP contribution in [0.5, 0.6) is 5.75 Å². The summed E-state index contributed by atoms with van der Waals surface area (Å²) in [6.07, 6.45) is 1.46. The van der Waals surface area contributed by atoms with E-state index in [4.69, 9.17) is 4.74 Å². The Balaban J connectivity index is 2.52. The van der Waals surface area contributed by atoms with Gasteiger partial charge in [-0.05, 0) is 18.6 Å². The molecule has 4 heteroatoms. The first-order valence-corrected chi connectivity index (χ1v) is 4.55. The summed E-state index contributed by atoms with van der Waals surface area (Å²) in [5.41, 5.74) is 0.925. The predicted octanol–water partition coefficient (Wildman–Crippen LogP) is 1.92. The van der Waals surface area contributed by atoms with Crippen LogP contribution in [0.4, 0.5) is 0 Å². The van der Waals surface area contributed by atoms with Crippen molar-refractivity contribution in [3.8, 4) is 5.75 Å². The highest BCUT2D eigenvalue weighted by molar-refractivity contribution is 5.87. The van der Waals surface area contributed by atoms with Crippen molar-refractivity contribution in [3.63, 3.8) is 0 Å². The van der Waals surface area contributed by atoms with Gasteiger partial charge in [0.2, 0.25) is 0 Å². The Hall–Kier alpha value is -1.84. The van der Waals surface area contributed by atoms with Gasteiger partial charge in [-0.25, -0.2) is 0 Å². The summed E-state index contributed by atoms with van der Waals surface area (Å²) in [5, 5.41) is 3.45. The van der Waals surface area contributed by atoms with Crippen LogP contribution in [0.2, 0.25) is 0 Å². The lowest BCUT2D eigenvalue weighted by Gasteiger charge is -2.04. The molecule has 4 nitrogen and oxygen atoms in total. The first-order chi connectivity index (χ1) is 7.24. The van der Waals surface area contributed by atoms with Crippen LogP contribution in [0.25, 0.3) is 0 Å². The molecule has 0 aliphatic rings. The number of hydrogen-bond donors (Lipinski definition) is 0. The fourth-order valence-corrected chi connectivity index (χ4v) is 1.02. The Bertz CT molecular complexity index is 361. The maximum atomic E-state index is 11.3. The van der Waals surface area contributed by atoms with Crippen molar-refractivity contribution in [1.82, 2.24) is 0 Å². The predicted molar refractivity (Wildman–Crippen MR) is 56.9 cm³/mol. The van der Waals surface area contributed by atoms with Gasteiger partial charge in [0.05, 0.1) is 12.6 Å². The lowest BCUT2D eigenvalue weighted by molar-refractivity contribution is -0.133. The maximum Gasteiger partial charge on any atom is 0.316 e. The molecule has 0 aromatic heterocycles. The molecule has 1 aromatic rings. The number of carbonyl (C=O) groups is 1. The number of esters is 1. The van der Waals surface area contributed by atoms with Crippen LogP contribution < -0.4 is 4.74 Å². The van der Waals surface area contributed by atoms with Crippen molar-refractivity contribution in [2.45, 2.75) is 13.3 Å². The van der Waals surface area contributed by atoms with Crippen LogP contribution in [0, 0.1) is 6.92 Å². The lowest BCUT2D eigenvalue weighted by Crippen LogP contribution is -2.08. The number of hydrogen-bond acceptors (Lipinski definition) is 4. The maximum absolute atomic E-state index is 11.3. The molecule has 0 saturated heterocycles. The molecule has 80 valence electrons. The van der Waals surface area contributed by atoms with Gasteiger partial charge in [-0.1, -0.05) is 23.4 Å². The lowest BCUT2D eigenvalue weighted by atomic mass is 10.2. The highest BCUT2D eigenvalue weighted by Crippen LogP contribution is 2.16. The average molecular weight is 207 g/mol. The number of para-hydroxylation sites is 1. The quantitative estimate of drug-likeness (QED) is 0.328. The summed E-state index contributed by atoms with van der Waals surface area (Å²) in [6.45, 7) is 1.88. The van der Waals surface area contributed by atoms with Gasteiger partial charge in [0, 0.05) is 0 Å². The zero-order chi connectivity index (χ0) is 11.1. The van der Waals surface area contributed by atoms with Gasteiger partial charge < -0.3 is 9.57 Å². The van der Waals surface area contributed by atoms with Crippen molar-refractivity contribution in [1.29, 1.82) is 0 Å². The smallest absolute Gasteiger partial charge is 0.316 e. The average Bonchev–Trinajstić information content (AvgIpc) is 2.22. The van der Waals surface area contributed by atoms with Crippen LogP contribution in [-0.2, 0) is 9.63 Å². The summed E-state index contributed by atoms with van der Waals surface area (Å²) in [6, 6.07) is 7.34. The van der Waals surface area contributed by atoms with Crippen LogP contribution in [-0.4, -0.2) is 19.3 Å². The van der Waals surface area contributed by atoms with Crippen LogP contribution in [0.15, 0.2) is 29.4 Å². The highest BCUT2D eigenvalue weighted by atomic mass is 16.6. The third-order valence-corrected chi connectivity index (χ3v) is 1.76. The van der Waals surface area contributed by atoms with E-state index in [-0.39, 0.29) is 12.4 Å². The van der Waals surface area contributed by atoms with E-state index in [9.17, 15) is 4.79 Å². The van der Waals surface area contributed by atoms with Crippen molar-refractivity contribution in [3.05, 3.63) is 29.8 Å². The molecule has 0 heterocycles. The molecule has 0 amide bonds.